The van der Waals surface area contributed by atoms with Gasteiger partial charge >= 0.3 is 5.97 Å². The lowest BCUT2D eigenvalue weighted by Gasteiger charge is -2.09. The highest BCUT2D eigenvalue weighted by molar-refractivity contribution is 6.18. The zero-order valence-corrected chi connectivity index (χ0v) is 10.5. The SMILES string of the molecule is CCCN=C(N)C(C(=O)OCC)=C(O)OCC. The van der Waals surface area contributed by atoms with Gasteiger partial charge in [-0.1, -0.05) is 6.92 Å². The highest BCUT2D eigenvalue weighted by Crippen LogP contribution is 2.07. The zero-order chi connectivity index (χ0) is 13.3. The molecule has 0 bridgehead atoms. The maximum absolute atomic E-state index is 11.6. The normalized spacial score (nSPS) is 13.0. The molecule has 0 atom stereocenters. The second-order valence-electron chi connectivity index (χ2n) is 3.10. The van der Waals surface area contributed by atoms with Gasteiger partial charge in [-0.15, -0.1) is 0 Å². The van der Waals surface area contributed by atoms with Crippen LogP contribution in [0.1, 0.15) is 27.2 Å². The minimum absolute atomic E-state index is 0.0729. The molecule has 0 aromatic heterocycles. The van der Waals surface area contributed by atoms with Gasteiger partial charge in [-0.3, -0.25) is 4.99 Å². The number of aliphatic imine (C=N–C) groups is 1. The number of hydrogen-bond donors (Lipinski definition) is 2. The Morgan fingerprint density at radius 1 is 1.24 bits per heavy atom. The van der Waals surface area contributed by atoms with E-state index in [4.69, 9.17) is 15.2 Å². The highest BCUT2D eigenvalue weighted by atomic mass is 16.6. The average molecular weight is 244 g/mol. The van der Waals surface area contributed by atoms with Gasteiger partial charge in [0.15, 0.2) is 5.57 Å². The molecule has 3 N–H and O–H groups in total. The molecule has 17 heavy (non-hydrogen) atoms. The smallest absolute Gasteiger partial charge is 0.349 e. The largest absolute Gasteiger partial charge is 0.480 e. The van der Waals surface area contributed by atoms with E-state index in [0.29, 0.717) is 6.54 Å². The lowest BCUT2D eigenvalue weighted by atomic mass is 10.2. The quantitative estimate of drug-likeness (QED) is 0.230. The molecule has 0 aromatic rings. The summed E-state index contributed by atoms with van der Waals surface area (Å²) in [6.07, 6.45) is 0.784. The number of aliphatic hydroxyl groups excluding tert-OH is 1. The first-order chi connectivity index (χ1) is 8.08. The molecule has 98 valence electrons. The van der Waals surface area contributed by atoms with Gasteiger partial charge in [0, 0.05) is 6.54 Å². The zero-order valence-electron chi connectivity index (χ0n) is 10.5. The number of carbonyl (C=O) groups is 1. The van der Waals surface area contributed by atoms with Crippen LogP contribution < -0.4 is 5.73 Å². The molecule has 0 radical (unpaired) electrons. The number of ether oxygens (including phenoxy) is 2. The van der Waals surface area contributed by atoms with E-state index in [0.717, 1.165) is 6.42 Å². The average Bonchev–Trinajstić information content (AvgIpc) is 2.27. The number of carbonyl (C=O) groups excluding carboxylic acids is 1. The Balaban J connectivity index is 5.10. The first-order valence-electron chi connectivity index (χ1n) is 5.61. The monoisotopic (exact) mass is 244 g/mol. The molecule has 0 aromatic carbocycles. The molecule has 0 aliphatic carbocycles. The minimum Gasteiger partial charge on any atom is -0.480 e. The van der Waals surface area contributed by atoms with Crippen LogP contribution >= 0.6 is 0 Å². The van der Waals surface area contributed by atoms with Gasteiger partial charge in [0.1, 0.15) is 5.84 Å². The molecule has 0 unspecified atom stereocenters. The molecular formula is C11H20N2O4. The van der Waals surface area contributed by atoms with Gasteiger partial charge in [-0.05, 0) is 20.3 Å². The van der Waals surface area contributed by atoms with Crippen LogP contribution in [0.5, 0.6) is 0 Å². The molecule has 0 rings (SSSR count). The first kappa shape index (κ1) is 15.3. The Morgan fingerprint density at radius 2 is 1.82 bits per heavy atom. The van der Waals surface area contributed by atoms with Crippen molar-refractivity contribution in [2.45, 2.75) is 27.2 Å². The molecule has 6 nitrogen and oxygen atoms in total. The summed E-state index contributed by atoms with van der Waals surface area (Å²) in [4.78, 5) is 15.5. The molecule has 0 saturated carbocycles. The maximum Gasteiger partial charge on any atom is 0.349 e. The standard InChI is InChI=1S/C11H20N2O4/c1-4-7-13-9(12)8(10(14)16-5-2)11(15)17-6-3/h14H,4-7H2,1-3H3,(H2,12,13). The van der Waals surface area contributed by atoms with E-state index in [-0.39, 0.29) is 24.6 Å². The molecule has 0 aliphatic rings. The molecule has 0 heterocycles. The van der Waals surface area contributed by atoms with Crippen molar-refractivity contribution in [2.75, 3.05) is 19.8 Å². The summed E-state index contributed by atoms with van der Waals surface area (Å²) in [5.41, 5.74) is 5.40. The van der Waals surface area contributed by atoms with Gasteiger partial charge in [-0.25, -0.2) is 4.79 Å². The molecular weight excluding hydrogens is 224 g/mol. The number of esters is 1. The highest BCUT2D eigenvalue weighted by Gasteiger charge is 2.22. The Hall–Kier alpha value is -1.72. The number of rotatable bonds is 7. The van der Waals surface area contributed by atoms with E-state index < -0.39 is 11.9 Å². The van der Waals surface area contributed by atoms with E-state index in [9.17, 15) is 9.90 Å². The van der Waals surface area contributed by atoms with E-state index in [2.05, 4.69) is 4.99 Å². The Labute approximate surface area is 101 Å². The predicted octanol–water partition coefficient (Wildman–Crippen LogP) is 1.12. The van der Waals surface area contributed by atoms with Crippen LogP contribution in [-0.2, 0) is 14.3 Å². The third kappa shape index (κ3) is 5.24. The van der Waals surface area contributed by atoms with Gasteiger partial charge in [0.05, 0.1) is 13.2 Å². The second kappa shape index (κ2) is 8.43. The lowest BCUT2D eigenvalue weighted by molar-refractivity contribution is -0.138. The summed E-state index contributed by atoms with van der Waals surface area (Å²) in [5.74, 6) is -1.37. The van der Waals surface area contributed by atoms with Crippen molar-refractivity contribution in [3.8, 4) is 0 Å². The summed E-state index contributed by atoms with van der Waals surface area (Å²) in [7, 11) is 0. The van der Waals surface area contributed by atoms with Gasteiger partial charge in [0.2, 0.25) is 0 Å². The summed E-state index contributed by atoms with van der Waals surface area (Å²) in [6, 6.07) is 0. The van der Waals surface area contributed by atoms with E-state index in [1.54, 1.807) is 13.8 Å². The second-order valence-corrected chi connectivity index (χ2v) is 3.10. The summed E-state index contributed by atoms with van der Waals surface area (Å²) < 4.78 is 9.62. The van der Waals surface area contributed by atoms with Crippen molar-refractivity contribution in [3.63, 3.8) is 0 Å². The number of hydrogen-bond acceptors (Lipinski definition) is 5. The van der Waals surface area contributed by atoms with E-state index in [1.807, 2.05) is 6.92 Å². The Bertz CT molecular complexity index is 311. The molecule has 6 heteroatoms. The van der Waals surface area contributed by atoms with Crippen LogP contribution in [0.2, 0.25) is 0 Å². The minimum atomic E-state index is -0.740. The number of aliphatic hydroxyl groups is 1. The van der Waals surface area contributed by atoms with Crippen LogP contribution in [0.3, 0.4) is 0 Å². The third-order valence-electron chi connectivity index (χ3n) is 1.74. The molecule has 0 amide bonds. The van der Waals surface area contributed by atoms with Crippen LogP contribution in [-0.4, -0.2) is 36.7 Å². The first-order valence-corrected chi connectivity index (χ1v) is 5.61. The summed E-state index contributed by atoms with van der Waals surface area (Å²) in [5, 5.41) is 9.57. The molecule has 0 aliphatic heterocycles. The van der Waals surface area contributed by atoms with Crippen molar-refractivity contribution in [1.29, 1.82) is 0 Å². The van der Waals surface area contributed by atoms with Crippen LogP contribution in [0, 0.1) is 0 Å². The fraction of sp³-hybridized carbons (Fsp3) is 0.636. The lowest BCUT2D eigenvalue weighted by Crippen LogP contribution is -2.26. The van der Waals surface area contributed by atoms with Gasteiger partial charge < -0.3 is 20.3 Å². The van der Waals surface area contributed by atoms with Crippen molar-refractivity contribution < 1.29 is 19.4 Å². The van der Waals surface area contributed by atoms with Crippen LogP contribution in [0.4, 0.5) is 0 Å². The topological polar surface area (TPSA) is 94.1 Å². The van der Waals surface area contributed by atoms with Crippen molar-refractivity contribution in [3.05, 3.63) is 11.5 Å². The fourth-order valence-electron chi connectivity index (χ4n) is 1.02. The molecule has 0 fully saturated rings. The predicted molar refractivity (Wildman–Crippen MR) is 64.7 cm³/mol. The number of nitrogens with zero attached hydrogens (tertiary/aromatic N) is 1. The Kier molecular flexibility index (Phi) is 7.58. The van der Waals surface area contributed by atoms with E-state index in [1.165, 1.54) is 0 Å². The fourth-order valence-corrected chi connectivity index (χ4v) is 1.02. The number of nitrogens with two attached hydrogens (primary N) is 1. The van der Waals surface area contributed by atoms with Crippen LogP contribution in [0.25, 0.3) is 0 Å². The van der Waals surface area contributed by atoms with Crippen molar-refractivity contribution in [1.82, 2.24) is 0 Å². The van der Waals surface area contributed by atoms with Gasteiger partial charge in [-0.2, -0.15) is 0 Å². The van der Waals surface area contributed by atoms with Gasteiger partial charge in [0.25, 0.3) is 5.95 Å². The maximum atomic E-state index is 11.6. The molecule has 0 spiro atoms. The van der Waals surface area contributed by atoms with Crippen LogP contribution in [0.15, 0.2) is 16.5 Å². The Morgan fingerprint density at radius 3 is 2.29 bits per heavy atom. The van der Waals surface area contributed by atoms with E-state index >= 15 is 0 Å². The summed E-state index contributed by atoms with van der Waals surface area (Å²) >= 11 is 0. The summed E-state index contributed by atoms with van der Waals surface area (Å²) in [6.45, 7) is 6.13. The third-order valence-corrected chi connectivity index (χ3v) is 1.74. The van der Waals surface area contributed by atoms with Crippen molar-refractivity contribution in [2.24, 2.45) is 10.7 Å². The molecule has 0 saturated heterocycles. The van der Waals surface area contributed by atoms with Crippen molar-refractivity contribution >= 4 is 11.8 Å². The number of amidine groups is 1.